The Labute approximate surface area is 90.1 Å². The number of thiophene rings is 1. The third-order valence-electron chi connectivity index (χ3n) is 2.03. The molecule has 5 heteroatoms. The zero-order chi connectivity index (χ0) is 10.8. The molecule has 2 rings (SSSR count). The number of nitrogens with zero attached hydrogens (tertiary/aromatic N) is 1. The fourth-order valence-electron chi connectivity index (χ4n) is 1.30. The van der Waals surface area contributed by atoms with Gasteiger partial charge in [-0.3, -0.25) is 10.1 Å². The van der Waals surface area contributed by atoms with Crippen molar-refractivity contribution in [3.8, 4) is 10.4 Å². The normalized spacial score (nSPS) is 10.1. The summed E-state index contributed by atoms with van der Waals surface area (Å²) in [5.41, 5.74) is 7.11. The van der Waals surface area contributed by atoms with Gasteiger partial charge in [0.2, 0.25) is 0 Å². The molecule has 0 unspecified atom stereocenters. The van der Waals surface area contributed by atoms with Crippen molar-refractivity contribution < 1.29 is 4.92 Å². The third kappa shape index (κ3) is 1.82. The highest BCUT2D eigenvalue weighted by Gasteiger charge is 2.10. The summed E-state index contributed by atoms with van der Waals surface area (Å²) < 4.78 is 0. The summed E-state index contributed by atoms with van der Waals surface area (Å²) in [7, 11) is 0. The van der Waals surface area contributed by atoms with E-state index in [-0.39, 0.29) is 5.69 Å². The molecule has 0 radical (unpaired) electrons. The number of nitrogens with two attached hydrogens (primary N) is 1. The highest BCUT2D eigenvalue weighted by atomic mass is 32.1. The van der Waals surface area contributed by atoms with Crippen LogP contribution in [-0.4, -0.2) is 4.92 Å². The standard InChI is InChI=1S/C10H8N2O2S/c11-9-4-3-7(12(13)14)6-8(9)10-2-1-5-15-10/h1-6H,11H2. The van der Waals surface area contributed by atoms with Crippen LogP contribution in [0.3, 0.4) is 0 Å². The lowest BCUT2D eigenvalue weighted by Gasteiger charge is -2.02. The van der Waals surface area contributed by atoms with Crippen LogP contribution in [0.15, 0.2) is 35.7 Å². The molecule has 4 nitrogen and oxygen atoms in total. The van der Waals surface area contributed by atoms with Crippen LogP contribution in [0.25, 0.3) is 10.4 Å². The minimum absolute atomic E-state index is 0.0626. The fourth-order valence-corrected chi connectivity index (χ4v) is 2.07. The summed E-state index contributed by atoms with van der Waals surface area (Å²) in [5.74, 6) is 0. The first-order valence-electron chi connectivity index (χ1n) is 4.26. The molecule has 0 saturated carbocycles. The van der Waals surface area contributed by atoms with E-state index >= 15 is 0 Å². The summed E-state index contributed by atoms with van der Waals surface area (Å²) in [4.78, 5) is 11.1. The minimum atomic E-state index is -0.420. The second kappa shape index (κ2) is 3.70. The number of hydrogen-bond donors (Lipinski definition) is 1. The summed E-state index contributed by atoms with van der Waals surface area (Å²) in [6.45, 7) is 0. The maximum Gasteiger partial charge on any atom is 0.270 e. The quantitative estimate of drug-likeness (QED) is 0.480. The molecule has 0 atom stereocenters. The average molecular weight is 220 g/mol. The van der Waals surface area contributed by atoms with Gasteiger partial charge >= 0.3 is 0 Å². The number of nitrogen functional groups attached to an aromatic ring is 1. The maximum absolute atomic E-state index is 10.6. The lowest BCUT2D eigenvalue weighted by atomic mass is 10.1. The Morgan fingerprint density at radius 2 is 2.13 bits per heavy atom. The van der Waals surface area contributed by atoms with Crippen molar-refractivity contribution in [1.82, 2.24) is 0 Å². The van der Waals surface area contributed by atoms with Crippen molar-refractivity contribution in [3.05, 3.63) is 45.8 Å². The fraction of sp³-hybridized carbons (Fsp3) is 0. The number of nitro groups is 1. The molecule has 0 saturated heterocycles. The van der Waals surface area contributed by atoms with Gasteiger partial charge in [-0.15, -0.1) is 11.3 Å². The van der Waals surface area contributed by atoms with Crippen LogP contribution < -0.4 is 5.73 Å². The van der Waals surface area contributed by atoms with Crippen molar-refractivity contribution in [2.75, 3.05) is 5.73 Å². The molecule has 1 aromatic carbocycles. The van der Waals surface area contributed by atoms with Crippen LogP contribution in [0.4, 0.5) is 11.4 Å². The first kappa shape index (κ1) is 9.67. The molecule has 0 aliphatic heterocycles. The Balaban J connectivity index is 2.55. The van der Waals surface area contributed by atoms with E-state index in [2.05, 4.69) is 0 Å². The van der Waals surface area contributed by atoms with Crippen LogP contribution in [0.5, 0.6) is 0 Å². The van der Waals surface area contributed by atoms with Crippen molar-refractivity contribution in [2.45, 2.75) is 0 Å². The Morgan fingerprint density at radius 1 is 1.33 bits per heavy atom. The molecule has 0 fully saturated rings. The van der Waals surface area contributed by atoms with Gasteiger partial charge in [-0.1, -0.05) is 6.07 Å². The van der Waals surface area contributed by atoms with Crippen LogP contribution >= 0.6 is 11.3 Å². The van der Waals surface area contributed by atoms with Crippen molar-refractivity contribution in [1.29, 1.82) is 0 Å². The number of anilines is 1. The molecule has 15 heavy (non-hydrogen) atoms. The van der Waals surface area contributed by atoms with Gasteiger partial charge in [-0.2, -0.15) is 0 Å². The van der Waals surface area contributed by atoms with Crippen molar-refractivity contribution >= 4 is 22.7 Å². The lowest BCUT2D eigenvalue weighted by molar-refractivity contribution is -0.384. The largest absolute Gasteiger partial charge is 0.398 e. The van der Waals surface area contributed by atoms with Gasteiger partial charge in [0.25, 0.3) is 5.69 Å². The molecule has 2 N–H and O–H groups in total. The second-order valence-electron chi connectivity index (χ2n) is 3.01. The first-order chi connectivity index (χ1) is 7.18. The van der Waals surface area contributed by atoms with Crippen LogP contribution in [0, 0.1) is 10.1 Å². The van der Waals surface area contributed by atoms with E-state index < -0.39 is 4.92 Å². The summed E-state index contributed by atoms with van der Waals surface area (Å²) in [6, 6.07) is 8.25. The van der Waals surface area contributed by atoms with Gasteiger partial charge in [0.15, 0.2) is 0 Å². The van der Waals surface area contributed by atoms with Crippen LogP contribution in [0.2, 0.25) is 0 Å². The number of hydrogen-bond acceptors (Lipinski definition) is 4. The number of benzene rings is 1. The van der Waals surface area contributed by atoms with Crippen molar-refractivity contribution in [2.24, 2.45) is 0 Å². The molecule has 0 aliphatic rings. The highest BCUT2D eigenvalue weighted by molar-refractivity contribution is 7.13. The smallest absolute Gasteiger partial charge is 0.270 e. The molecular formula is C10H8N2O2S. The van der Waals surface area contributed by atoms with Crippen molar-refractivity contribution in [3.63, 3.8) is 0 Å². The predicted molar refractivity (Wildman–Crippen MR) is 60.8 cm³/mol. The first-order valence-corrected chi connectivity index (χ1v) is 5.14. The van der Waals surface area contributed by atoms with E-state index in [9.17, 15) is 10.1 Å². The van der Waals surface area contributed by atoms with Crippen LogP contribution in [-0.2, 0) is 0 Å². The molecule has 0 spiro atoms. The highest BCUT2D eigenvalue weighted by Crippen LogP contribution is 2.32. The van der Waals surface area contributed by atoms with Gasteiger partial charge in [-0.25, -0.2) is 0 Å². The molecule has 1 aromatic heterocycles. The third-order valence-corrected chi connectivity index (χ3v) is 2.94. The molecule has 0 bridgehead atoms. The van der Waals surface area contributed by atoms with Gasteiger partial charge in [0.1, 0.15) is 0 Å². The zero-order valence-corrected chi connectivity index (χ0v) is 8.53. The van der Waals surface area contributed by atoms with Crippen LogP contribution in [0.1, 0.15) is 0 Å². The summed E-state index contributed by atoms with van der Waals surface area (Å²) in [6.07, 6.45) is 0. The minimum Gasteiger partial charge on any atom is -0.398 e. The summed E-state index contributed by atoms with van der Waals surface area (Å²) in [5, 5.41) is 12.5. The molecule has 0 aliphatic carbocycles. The second-order valence-corrected chi connectivity index (χ2v) is 3.95. The molecule has 2 aromatic rings. The Hall–Kier alpha value is -1.88. The van der Waals surface area contributed by atoms with Gasteiger partial charge in [-0.05, 0) is 17.5 Å². The van der Waals surface area contributed by atoms with E-state index in [1.807, 2.05) is 17.5 Å². The number of nitro benzene ring substituents is 1. The molecule has 0 amide bonds. The maximum atomic E-state index is 10.6. The predicted octanol–water partition coefficient (Wildman–Crippen LogP) is 2.91. The van der Waals surface area contributed by atoms with E-state index in [1.54, 1.807) is 6.07 Å². The van der Waals surface area contributed by atoms with E-state index in [4.69, 9.17) is 5.73 Å². The Bertz CT molecular complexity index is 494. The van der Waals surface area contributed by atoms with Gasteiger partial charge in [0.05, 0.1) is 4.92 Å². The Morgan fingerprint density at radius 3 is 2.73 bits per heavy atom. The monoisotopic (exact) mass is 220 g/mol. The van der Waals surface area contributed by atoms with E-state index in [0.29, 0.717) is 5.69 Å². The average Bonchev–Trinajstić information content (AvgIpc) is 2.71. The molecular weight excluding hydrogens is 212 g/mol. The number of rotatable bonds is 2. The van der Waals surface area contributed by atoms with Gasteiger partial charge in [0, 0.05) is 28.3 Å². The summed E-state index contributed by atoms with van der Waals surface area (Å²) >= 11 is 1.51. The van der Waals surface area contributed by atoms with E-state index in [1.165, 1.54) is 23.5 Å². The molecule has 1 heterocycles. The Kier molecular flexibility index (Phi) is 2.39. The van der Waals surface area contributed by atoms with E-state index in [0.717, 1.165) is 10.4 Å². The SMILES string of the molecule is Nc1ccc([N+](=O)[O-])cc1-c1cccs1. The lowest BCUT2D eigenvalue weighted by Crippen LogP contribution is -1.92. The van der Waals surface area contributed by atoms with Gasteiger partial charge < -0.3 is 5.73 Å². The topological polar surface area (TPSA) is 69.2 Å². The zero-order valence-electron chi connectivity index (χ0n) is 7.71. The molecule has 76 valence electrons. The number of non-ortho nitro benzene ring substituents is 1.